The second-order valence-corrected chi connectivity index (χ2v) is 8.25. The van der Waals surface area contributed by atoms with E-state index in [9.17, 15) is 13.2 Å². The summed E-state index contributed by atoms with van der Waals surface area (Å²) in [5, 5.41) is 0.774. The van der Waals surface area contributed by atoms with Crippen LogP contribution in [0.15, 0.2) is 52.4 Å². The molecule has 152 valence electrons. The van der Waals surface area contributed by atoms with Crippen LogP contribution in [0.4, 0.5) is 5.69 Å². The topological polar surface area (TPSA) is 76.0 Å². The van der Waals surface area contributed by atoms with Crippen molar-refractivity contribution < 1.29 is 17.4 Å². The minimum absolute atomic E-state index is 0.0436. The number of benzene rings is 2. The number of hydrogen-bond donors (Lipinski definition) is 1. The quantitative estimate of drug-likeness (QED) is 0.520. The third kappa shape index (κ3) is 5.01. The van der Waals surface area contributed by atoms with E-state index in [1.54, 1.807) is 23.1 Å². The Bertz CT molecular complexity index is 1070. The monoisotopic (exact) mass is 450 g/mol. The van der Waals surface area contributed by atoms with E-state index < -0.39 is 11.0 Å². The number of aliphatic imine (C=N–C) groups is 1. The Kier molecular flexibility index (Phi) is 7.00. The van der Waals surface area contributed by atoms with Gasteiger partial charge < -0.3 is 4.18 Å². The second kappa shape index (κ2) is 9.47. The summed E-state index contributed by atoms with van der Waals surface area (Å²) in [5.41, 5.74) is 2.42. The number of anilines is 1. The minimum atomic E-state index is -3.05. The van der Waals surface area contributed by atoms with Crippen LogP contribution in [-0.4, -0.2) is 26.0 Å². The predicted molar refractivity (Wildman–Crippen MR) is 119 cm³/mol. The Labute approximate surface area is 180 Å². The van der Waals surface area contributed by atoms with Gasteiger partial charge in [-0.2, -0.15) is 8.42 Å². The van der Waals surface area contributed by atoms with Crippen molar-refractivity contribution in [2.75, 3.05) is 11.4 Å². The number of amidine groups is 1. The van der Waals surface area contributed by atoms with Crippen molar-refractivity contribution in [3.63, 3.8) is 0 Å². The lowest BCUT2D eigenvalue weighted by Gasteiger charge is -2.17. The maximum Gasteiger partial charge on any atom is 0.299 e. The molecule has 0 bridgehead atoms. The Hall–Kier alpha value is -2.29. The molecule has 1 amide bonds. The maximum atomic E-state index is 13.2. The Morgan fingerprint density at radius 3 is 2.66 bits per heavy atom. The summed E-state index contributed by atoms with van der Waals surface area (Å²) in [4.78, 5) is 19.9. The van der Waals surface area contributed by atoms with Gasteiger partial charge in [-0.25, -0.2) is 0 Å². The molecule has 1 aliphatic rings. The van der Waals surface area contributed by atoms with Crippen molar-refractivity contribution in [1.29, 1.82) is 0 Å². The van der Waals surface area contributed by atoms with Gasteiger partial charge in [-0.1, -0.05) is 42.8 Å². The number of thiol groups is 1. The fourth-order valence-corrected chi connectivity index (χ4v) is 4.33. The molecule has 1 aliphatic heterocycles. The number of halogens is 1. The lowest BCUT2D eigenvalue weighted by molar-refractivity contribution is -0.113. The summed E-state index contributed by atoms with van der Waals surface area (Å²) in [6.07, 6.45) is 2.58. The van der Waals surface area contributed by atoms with Crippen LogP contribution in [-0.2, 0) is 15.8 Å². The highest BCUT2D eigenvalue weighted by Crippen LogP contribution is 2.38. The first-order valence-corrected chi connectivity index (χ1v) is 11.2. The summed E-state index contributed by atoms with van der Waals surface area (Å²) >= 11 is 7.39. The molecule has 2 aromatic carbocycles. The Morgan fingerprint density at radius 2 is 2.00 bits per heavy atom. The molecule has 6 nitrogen and oxygen atoms in total. The Morgan fingerprint density at radius 1 is 1.24 bits per heavy atom. The molecule has 0 radical (unpaired) electrons. The number of rotatable bonds is 6. The van der Waals surface area contributed by atoms with Crippen LogP contribution in [0.2, 0.25) is 5.02 Å². The molecule has 0 aromatic heterocycles. The zero-order valence-electron chi connectivity index (χ0n) is 15.8. The van der Waals surface area contributed by atoms with E-state index in [4.69, 9.17) is 11.6 Å². The highest BCUT2D eigenvalue weighted by molar-refractivity contribution is 8.19. The van der Waals surface area contributed by atoms with E-state index in [1.807, 2.05) is 38.1 Å². The standard InChI is InChI=1S/C20H19ClN2O4S2/c1-3-10-22-20-23(16-7-5-4-6-13(16)2)19(24)18(28-20)12-14-8-9-17(15(21)11-14)27-29(25)26/h4-9,11-12,29H,3,10H2,1-2H3/b18-12-,22-20-. The Balaban J connectivity index is 1.97. The number of thioether (sulfide) groups is 1. The maximum absolute atomic E-state index is 13.2. The summed E-state index contributed by atoms with van der Waals surface area (Å²) < 4.78 is 26.1. The number of para-hydroxylation sites is 1. The van der Waals surface area contributed by atoms with Crippen LogP contribution < -0.4 is 9.08 Å². The average molecular weight is 451 g/mol. The largest absolute Gasteiger partial charge is 0.383 e. The van der Waals surface area contributed by atoms with Crippen LogP contribution in [0.3, 0.4) is 0 Å². The molecule has 0 saturated carbocycles. The van der Waals surface area contributed by atoms with Gasteiger partial charge >= 0.3 is 0 Å². The first kappa shape index (κ1) is 21.4. The molecule has 1 saturated heterocycles. The molecule has 0 unspecified atom stereocenters. The van der Waals surface area contributed by atoms with Crippen LogP contribution in [0, 0.1) is 6.92 Å². The summed E-state index contributed by atoms with van der Waals surface area (Å²) in [6, 6.07) is 12.3. The molecular formula is C20H19ClN2O4S2. The summed E-state index contributed by atoms with van der Waals surface area (Å²) in [6.45, 7) is 4.60. The SMILES string of the molecule is CCC/N=C1\S/C(=C\c2ccc(O[SH](=O)=O)c(Cl)c2)C(=O)N1c1ccccc1C. The molecule has 0 N–H and O–H groups in total. The zero-order valence-corrected chi connectivity index (χ0v) is 18.3. The van der Waals surface area contributed by atoms with E-state index in [0.717, 1.165) is 17.7 Å². The van der Waals surface area contributed by atoms with Crippen LogP contribution in [0.1, 0.15) is 24.5 Å². The van der Waals surface area contributed by atoms with Gasteiger partial charge in [0.05, 0.1) is 15.6 Å². The highest BCUT2D eigenvalue weighted by atomic mass is 35.5. The van der Waals surface area contributed by atoms with Crippen LogP contribution in [0.25, 0.3) is 6.08 Å². The first-order valence-electron chi connectivity index (χ1n) is 8.86. The van der Waals surface area contributed by atoms with Gasteiger partial charge in [0.15, 0.2) is 10.9 Å². The highest BCUT2D eigenvalue weighted by Gasteiger charge is 2.35. The van der Waals surface area contributed by atoms with Gasteiger partial charge in [0, 0.05) is 6.54 Å². The van der Waals surface area contributed by atoms with Gasteiger partial charge in [-0.3, -0.25) is 14.7 Å². The normalized spacial score (nSPS) is 17.0. The molecular weight excluding hydrogens is 432 g/mol. The lowest BCUT2D eigenvalue weighted by atomic mass is 10.1. The summed E-state index contributed by atoms with van der Waals surface area (Å²) in [5.74, 6) is -0.125. The van der Waals surface area contributed by atoms with Crippen molar-refractivity contribution in [3.8, 4) is 5.75 Å². The van der Waals surface area contributed by atoms with Crippen molar-refractivity contribution in [2.45, 2.75) is 20.3 Å². The number of aryl methyl sites for hydroxylation is 1. The van der Waals surface area contributed by atoms with Gasteiger partial charge in [-0.05, 0) is 60.5 Å². The van der Waals surface area contributed by atoms with Crippen LogP contribution >= 0.6 is 23.4 Å². The predicted octanol–water partition coefficient (Wildman–Crippen LogP) is 4.44. The fraction of sp³-hybridized carbons (Fsp3) is 0.200. The number of carbonyl (C=O) groups is 1. The van der Waals surface area contributed by atoms with E-state index in [1.165, 1.54) is 17.8 Å². The van der Waals surface area contributed by atoms with E-state index in [2.05, 4.69) is 9.18 Å². The van der Waals surface area contributed by atoms with Crippen molar-refractivity contribution in [2.24, 2.45) is 4.99 Å². The van der Waals surface area contributed by atoms with E-state index in [0.29, 0.717) is 22.2 Å². The first-order chi connectivity index (χ1) is 13.9. The number of carbonyl (C=O) groups excluding carboxylic acids is 1. The zero-order chi connectivity index (χ0) is 21.0. The molecule has 1 heterocycles. The smallest absolute Gasteiger partial charge is 0.299 e. The van der Waals surface area contributed by atoms with Gasteiger partial charge in [0.1, 0.15) is 0 Å². The van der Waals surface area contributed by atoms with Gasteiger partial charge in [-0.15, -0.1) is 0 Å². The molecule has 0 aliphatic carbocycles. The molecule has 29 heavy (non-hydrogen) atoms. The fourth-order valence-electron chi connectivity index (χ4n) is 2.73. The van der Waals surface area contributed by atoms with E-state index in [-0.39, 0.29) is 16.7 Å². The molecule has 3 rings (SSSR count). The molecule has 1 fully saturated rings. The minimum Gasteiger partial charge on any atom is -0.383 e. The third-order valence-corrected chi connectivity index (χ3v) is 5.71. The van der Waals surface area contributed by atoms with Gasteiger partial charge in [0.25, 0.3) is 16.9 Å². The van der Waals surface area contributed by atoms with Gasteiger partial charge in [0.2, 0.25) is 0 Å². The molecule has 0 atom stereocenters. The number of hydrogen-bond acceptors (Lipinski definition) is 6. The van der Waals surface area contributed by atoms with E-state index >= 15 is 0 Å². The molecule has 0 spiro atoms. The number of nitrogens with zero attached hydrogens (tertiary/aromatic N) is 2. The molecule has 2 aromatic rings. The average Bonchev–Trinajstić information content (AvgIpc) is 2.98. The van der Waals surface area contributed by atoms with Crippen LogP contribution in [0.5, 0.6) is 5.75 Å². The number of amides is 1. The van der Waals surface area contributed by atoms with Crippen molar-refractivity contribution in [1.82, 2.24) is 0 Å². The molecule has 9 heteroatoms. The third-order valence-electron chi connectivity index (χ3n) is 4.06. The van der Waals surface area contributed by atoms with Crippen molar-refractivity contribution >= 4 is 57.2 Å². The second-order valence-electron chi connectivity index (χ2n) is 6.21. The van der Waals surface area contributed by atoms with Crippen molar-refractivity contribution in [3.05, 3.63) is 63.5 Å². The summed E-state index contributed by atoms with van der Waals surface area (Å²) in [7, 11) is -3.05. The lowest BCUT2D eigenvalue weighted by Crippen LogP contribution is -2.29.